The van der Waals surface area contributed by atoms with Gasteiger partial charge in [-0.3, -0.25) is 0 Å². The van der Waals surface area contributed by atoms with E-state index in [0.29, 0.717) is 6.54 Å². The van der Waals surface area contributed by atoms with Gasteiger partial charge in [0.05, 0.1) is 6.54 Å². The molecule has 0 spiro atoms. The standard InChI is InChI=1S/C11H11N3O2/c1-9-2-4-10(5-3-9)6-13-7-11(12-8-13)14(15)16/h2-5,7-8H,6H2,1H3. The number of hydrogen-bond donors (Lipinski definition) is 0. The van der Waals surface area contributed by atoms with Gasteiger partial charge in [-0.15, -0.1) is 0 Å². The zero-order valence-electron chi connectivity index (χ0n) is 8.83. The minimum Gasteiger partial charge on any atom is -0.358 e. The second-order valence-corrected chi connectivity index (χ2v) is 3.65. The summed E-state index contributed by atoms with van der Waals surface area (Å²) in [7, 11) is 0. The van der Waals surface area contributed by atoms with Crippen molar-refractivity contribution in [1.82, 2.24) is 9.55 Å². The molecule has 0 saturated carbocycles. The predicted molar refractivity (Wildman–Crippen MR) is 59.2 cm³/mol. The lowest BCUT2D eigenvalue weighted by Gasteiger charge is -2.01. The van der Waals surface area contributed by atoms with Crippen LogP contribution in [0.1, 0.15) is 11.1 Å². The van der Waals surface area contributed by atoms with Gasteiger partial charge in [0.25, 0.3) is 0 Å². The molecule has 1 heterocycles. The molecule has 2 aromatic rings. The van der Waals surface area contributed by atoms with Gasteiger partial charge in [-0.25, -0.2) is 0 Å². The third kappa shape index (κ3) is 2.25. The summed E-state index contributed by atoms with van der Waals surface area (Å²) in [6.45, 7) is 2.62. The monoisotopic (exact) mass is 217 g/mol. The van der Waals surface area contributed by atoms with Crippen LogP contribution in [0.2, 0.25) is 0 Å². The largest absolute Gasteiger partial charge is 0.381 e. The van der Waals surface area contributed by atoms with E-state index in [4.69, 9.17) is 0 Å². The molecule has 2 rings (SSSR count). The minimum atomic E-state index is -0.494. The maximum Gasteiger partial charge on any atom is 0.381 e. The van der Waals surface area contributed by atoms with E-state index < -0.39 is 4.92 Å². The summed E-state index contributed by atoms with van der Waals surface area (Å²) in [5, 5.41) is 10.4. The zero-order chi connectivity index (χ0) is 11.5. The highest BCUT2D eigenvalue weighted by Crippen LogP contribution is 2.09. The molecule has 0 aliphatic heterocycles. The van der Waals surface area contributed by atoms with Crippen LogP contribution in [0.3, 0.4) is 0 Å². The van der Waals surface area contributed by atoms with Crippen molar-refractivity contribution < 1.29 is 4.92 Å². The Hall–Kier alpha value is -2.17. The maximum atomic E-state index is 10.4. The van der Waals surface area contributed by atoms with Crippen LogP contribution in [-0.4, -0.2) is 14.5 Å². The molecule has 5 nitrogen and oxygen atoms in total. The molecule has 0 radical (unpaired) electrons. The molecule has 0 atom stereocenters. The van der Waals surface area contributed by atoms with Crippen LogP contribution in [0.15, 0.2) is 36.8 Å². The molecule has 1 aromatic heterocycles. The summed E-state index contributed by atoms with van der Waals surface area (Å²) < 4.78 is 1.70. The van der Waals surface area contributed by atoms with Gasteiger partial charge in [-0.05, 0) is 22.4 Å². The highest BCUT2D eigenvalue weighted by molar-refractivity contribution is 5.22. The van der Waals surface area contributed by atoms with Crippen LogP contribution >= 0.6 is 0 Å². The van der Waals surface area contributed by atoms with Gasteiger partial charge in [0.15, 0.2) is 0 Å². The second kappa shape index (κ2) is 4.14. The van der Waals surface area contributed by atoms with E-state index in [1.165, 1.54) is 18.1 Å². The number of imidazole rings is 1. The van der Waals surface area contributed by atoms with Gasteiger partial charge in [-0.1, -0.05) is 29.8 Å². The van der Waals surface area contributed by atoms with Crippen molar-refractivity contribution in [2.24, 2.45) is 0 Å². The molecule has 0 bridgehead atoms. The van der Waals surface area contributed by atoms with Gasteiger partial charge in [0, 0.05) is 0 Å². The van der Waals surface area contributed by atoms with Crippen molar-refractivity contribution in [3.8, 4) is 0 Å². The molecule has 82 valence electrons. The molecule has 1 aromatic carbocycles. The Balaban J connectivity index is 2.14. The molecule has 0 fully saturated rings. The van der Waals surface area contributed by atoms with Gasteiger partial charge in [0.2, 0.25) is 6.33 Å². The SMILES string of the molecule is Cc1ccc(Cn2cnc([N+](=O)[O-])c2)cc1. The van der Waals surface area contributed by atoms with Crippen LogP contribution in [0.5, 0.6) is 0 Å². The van der Waals surface area contributed by atoms with Gasteiger partial charge >= 0.3 is 5.82 Å². The highest BCUT2D eigenvalue weighted by atomic mass is 16.6. The van der Waals surface area contributed by atoms with Crippen molar-refractivity contribution in [2.75, 3.05) is 0 Å². The first-order valence-electron chi connectivity index (χ1n) is 4.87. The average Bonchev–Trinajstić information content (AvgIpc) is 2.70. The molecule has 0 aliphatic carbocycles. The number of hydrogen-bond acceptors (Lipinski definition) is 3. The van der Waals surface area contributed by atoms with E-state index in [2.05, 4.69) is 4.98 Å². The quantitative estimate of drug-likeness (QED) is 0.584. The number of nitro groups is 1. The average molecular weight is 217 g/mol. The van der Waals surface area contributed by atoms with E-state index in [0.717, 1.165) is 5.56 Å². The summed E-state index contributed by atoms with van der Waals surface area (Å²) in [6, 6.07) is 8.03. The molecule has 0 N–H and O–H groups in total. The van der Waals surface area contributed by atoms with Crippen LogP contribution in [0.4, 0.5) is 5.82 Å². The molecular formula is C11H11N3O2. The number of aromatic nitrogens is 2. The van der Waals surface area contributed by atoms with E-state index in [1.807, 2.05) is 31.2 Å². The fraction of sp³-hybridized carbons (Fsp3) is 0.182. The third-order valence-electron chi connectivity index (χ3n) is 2.29. The fourth-order valence-corrected chi connectivity index (χ4v) is 1.43. The molecule has 5 heteroatoms. The molecule has 0 amide bonds. The first-order valence-corrected chi connectivity index (χ1v) is 4.87. The molecule has 16 heavy (non-hydrogen) atoms. The topological polar surface area (TPSA) is 61.0 Å². The van der Waals surface area contributed by atoms with E-state index in [1.54, 1.807) is 4.57 Å². The molecule has 0 aliphatic rings. The van der Waals surface area contributed by atoms with Crippen molar-refractivity contribution in [2.45, 2.75) is 13.5 Å². The number of benzene rings is 1. The van der Waals surface area contributed by atoms with Crippen LogP contribution in [0, 0.1) is 17.0 Å². The number of rotatable bonds is 3. The van der Waals surface area contributed by atoms with E-state index in [-0.39, 0.29) is 5.82 Å². The Bertz CT molecular complexity index is 502. The Labute approximate surface area is 92.5 Å². The van der Waals surface area contributed by atoms with Gasteiger partial charge in [0.1, 0.15) is 6.20 Å². The lowest BCUT2D eigenvalue weighted by molar-refractivity contribution is -0.389. The first-order chi connectivity index (χ1) is 7.65. The van der Waals surface area contributed by atoms with Crippen molar-refractivity contribution >= 4 is 5.82 Å². The normalized spacial score (nSPS) is 10.3. The smallest absolute Gasteiger partial charge is 0.358 e. The summed E-state index contributed by atoms with van der Waals surface area (Å²) in [5.74, 6) is -0.118. The predicted octanol–water partition coefficient (Wildman–Crippen LogP) is 2.15. The van der Waals surface area contributed by atoms with E-state index >= 15 is 0 Å². The van der Waals surface area contributed by atoms with Crippen molar-refractivity contribution in [1.29, 1.82) is 0 Å². The highest BCUT2D eigenvalue weighted by Gasteiger charge is 2.09. The lowest BCUT2D eigenvalue weighted by atomic mass is 10.1. The Kier molecular flexibility index (Phi) is 2.68. The number of nitrogens with zero attached hydrogens (tertiary/aromatic N) is 3. The maximum absolute atomic E-state index is 10.4. The van der Waals surface area contributed by atoms with Crippen LogP contribution in [-0.2, 0) is 6.54 Å². The summed E-state index contributed by atoms with van der Waals surface area (Å²) in [4.78, 5) is 13.6. The van der Waals surface area contributed by atoms with Crippen molar-refractivity contribution in [3.63, 3.8) is 0 Å². The third-order valence-corrected chi connectivity index (χ3v) is 2.29. The zero-order valence-corrected chi connectivity index (χ0v) is 8.83. The van der Waals surface area contributed by atoms with Crippen LogP contribution < -0.4 is 0 Å². The molecule has 0 unspecified atom stereocenters. The fourth-order valence-electron chi connectivity index (χ4n) is 1.43. The lowest BCUT2D eigenvalue weighted by Crippen LogP contribution is -1.96. The minimum absolute atomic E-state index is 0.118. The number of aryl methyl sites for hydroxylation is 1. The molecular weight excluding hydrogens is 206 g/mol. The Morgan fingerprint density at radius 3 is 2.62 bits per heavy atom. The summed E-state index contributed by atoms with van der Waals surface area (Å²) in [5.41, 5.74) is 2.29. The first kappa shape index (κ1) is 10.4. The van der Waals surface area contributed by atoms with Crippen LogP contribution in [0.25, 0.3) is 0 Å². The van der Waals surface area contributed by atoms with Crippen molar-refractivity contribution in [3.05, 3.63) is 58.0 Å². The Morgan fingerprint density at radius 2 is 2.06 bits per heavy atom. The molecule has 0 saturated heterocycles. The second-order valence-electron chi connectivity index (χ2n) is 3.65. The Morgan fingerprint density at radius 1 is 1.38 bits per heavy atom. The van der Waals surface area contributed by atoms with Gasteiger partial charge < -0.3 is 14.7 Å². The summed E-state index contributed by atoms with van der Waals surface area (Å²) >= 11 is 0. The van der Waals surface area contributed by atoms with E-state index in [9.17, 15) is 10.1 Å². The summed E-state index contributed by atoms with van der Waals surface area (Å²) in [6.07, 6.45) is 2.90. The van der Waals surface area contributed by atoms with Gasteiger partial charge in [-0.2, -0.15) is 0 Å².